The van der Waals surface area contributed by atoms with Crippen molar-refractivity contribution in [3.8, 4) is 22.6 Å². The molecule has 0 amide bonds. The quantitative estimate of drug-likeness (QED) is 0.437. The van der Waals surface area contributed by atoms with E-state index in [4.69, 9.17) is 4.42 Å². The number of fused-ring (bicyclic) bond motifs is 1. The molecule has 2 N–H and O–H groups in total. The number of hydrogen-bond acceptors (Lipinski definition) is 4. The van der Waals surface area contributed by atoms with Crippen LogP contribution in [0.4, 0.5) is 13.2 Å². The number of alkyl halides is 3. The number of hydrogen-bond donors (Lipinski definition) is 2. The molecule has 0 bridgehead atoms. The molecular weight excluding hydrogens is 397 g/mol. The minimum Gasteiger partial charge on any atom is -0.508 e. The van der Waals surface area contributed by atoms with Gasteiger partial charge in [0.1, 0.15) is 17.1 Å². The third-order valence-electron chi connectivity index (χ3n) is 4.82. The number of halogens is 3. The van der Waals surface area contributed by atoms with Crippen molar-refractivity contribution in [3.05, 3.63) is 93.8 Å². The number of phenols is 2. The molecule has 0 fully saturated rings. The van der Waals surface area contributed by atoms with Gasteiger partial charge < -0.3 is 14.6 Å². The van der Waals surface area contributed by atoms with Crippen LogP contribution >= 0.6 is 0 Å². The van der Waals surface area contributed by atoms with Gasteiger partial charge in [-0.2, -0.15) is 13.2 Å². The summed E-state index contributed by atoms with van der Waals surface area (Å²) in [6.07, 6.45) is -4.22. The first-order valence-electron chi connectivity index (χ1n) is 8.96. The molecule has 0 radical (unpaired) electrons. The van der Waals surface area contributed by atoms with E-state index in [1.165, 1.54) is 36.4 Å². The highest BCUT2D eigenvalue weighted by Crippen LogP contribution is 2.34. The number of benzene rings is 3. The highest BCUT2D eigenvalue weighted by atomic mass is 19.4. The first kappa shape index (κ1) is 19.6. The Labute approximate surface area is 168 Å². The highest BCUT2D eigenvalue weighted by molar-refractivity contribution is 5.88. The molecule has 4 rings (SSSR count). The summed E-state index contributed by atoms with van der Waals surface area (Å²) in [6.45, 7) is 0. The summed E-state index contributed by atoms with van der Waals surface area (Å²) >= 11 is 0. The summed E-state index contributed by atoms with van der Waals surface area (Å²) in [6, 6.07) is 15.0. The molecule has 0 aliphatic rings. The molecular formula is C23H15F3O4. The van der Waals surface area contributed by atoms with E-state index in [0.717, 1.165) is 17.7 Å². The molecule has 3 aromatic carbocycles. The molecule has 7 heteroatoms. The molecule has 4 nitrogen and oxygen atoms in total. The Hall–Kier alpha value is -3.74. The van der Waals surface area contributed by atoms with Gasteiger partial charge in [0, 0.05) is 11.5 Å². The number of aromatic hydroxyl groups is 2. The Morgan fingerprint density at radius 2 is 1.47 bits per heavy atom. The third-order valence-corrected chi connectivity index (χ3v) is 4.82. The van der Waals surface area contributed by atoms with Crippen molar-refractivity contribution in [2.75, 3.05) is 0 Å². The predicted molar refractivity (Wildman–Crippen MR) is 105 cm³/mol. The van der Waals surface area contributed by atoms with Crippen LogP contribution in [0.1, 0.15) is 16.7 Å². The molecule has 0 aliphatic carbocycles. The van der Waals surface area contributed by atoms with Gasteiger partial charge in [0.25, 0.3) is 0 Å². The van der Waals surface area contributed by atoms with Crippen molar-refractivity contribution >= 4 is 11.0 Å². The summed E-state index contributed by atoms with van der Waals surface area (Å²) in [5.74, 6) is 0.00702. The molecule has 152 valence electrons. The molecule has 0 atom stereocenters. The Kier molecular flexibility index (Phi) is 4.73. The lowest BCUT2D eigenvalue weighted by molar-refractivity contribution is -0.137. The first-order chi connectivity index (χ1) is 14.2. The van der Waals surface area contributed by atoms with Crippen molar-refractivity contribution in [1.29, 1.82) is 0 Å². The Balaban J connectivity index is 1.93. The second kappa shape index (κ2) is 7.26. The summed E-state index contributed by atoms with van der Waals surface area (Å²) < 4.78 is 44.1. The summed E-state index contributed by atoms with van der Waals surface area (Å²) in [5.41, 5.74) is 0.399. The molecule has 0 saturated heterocycles. The van der Waals surface area contributed by atoms with Crippen LogP contribution in [0.3, 0.4) is 0 Å². The van der Waals surface area contributed by atoms with Crippen LogP contribution in [0.15, 0.2) is 75.9 Å². The topological polar surface area (TPSA) is 70.7 Å². The van der Waals surface area contributed by atoms with E-state index in [1.54, 1.807) is 18.2 Å². The average Bonchev–Trinajstić information content (AvgIpc) is 2.69. The molecule has 0 aliphatic heterocycles. The normalized spacial score (nSPS) is 11.7. The van der Waals surface area contributed by atoms with E-state index in [1.807, 2.05) is 0 Å². The second-order valence-electron chi connectivity index (χ2n) is 6.84. The standard InChI is InChI=1S/C23H15F3O4/c24-23(25,26)15-5-3-14(4-6-15)21-19(11-13-1-7-16(27)8-2-13)18-10-9-17(28)12-20(18)30-22(21)29/h1-10,12,27-28H,11H2. The Bertz CT molecular complexity index is 1270. The van der Waals surface area contributed by atoms with Gasteiger partial charge in [-0.15, -0.1) is 0 Å². The third kappa shape index (κ3) is 3.74. The maximum Gasteiger partial charge on any atom is 0.416 e. The minimum absolute atomic E-state index is 0.0801. The summed E-state index contributed by atoms with van der Waals surface area (Å²) in [4.78, 5) is 12.8. The van der Waals surface area contributed by atoms with Crippen LogP contribution in [0.2, 0.25) is 0 Å². The maximum atomic E-state index is 12.9. The zero-order valence-corrected chi connectivity index (χ0v) is 15.4. The summed E-state index contributed by atoms with van der Waals surface area (Å²) in [7, 11) is 0. The van der Waals surface area contributed by atoms with E-state index < -0.39 is 17.4 Å². The number of phenolic OH excluding ortho intramolecular Hbond substituents is 2. The average molecular weight is 412 g/mol. The van der Waals surface area contributed by atoms with Crippen molar-refractivity contribution in [3.63, 3.8) is 0 Å². The van der Waals surface area contributed by atoms with Gasteiger partial charge in [-0.1, -0.05) is 24.3 Å². The van der Waals surface area contributed by atoms with Crippen molar-refractivity contribution < 1.29 is 27.8 Å². The van der Waals surface area contributed by atoms with E-state index in [9.17, 15) is 28.2 Å². The smallest absolute Gasteiger partial charge is 0.416 e. The maximum absolute atomic E-state index is 12.9. The lowest BCUT2D eigenvalue weighted by atomic mass is 9.93. The fourth-order valence-corrected chi connectivity index (χ4v) is 3.37. The largest absolute Gasteiger partial charge is 0.508 e. The van der Waals surface area contributed by atoms with Crippen LogP contribution in [0.25, 0.3) is 22.1 Å². The van der Waals surface area contributed by atoms with Crippen LogP contribution in [-0.2, 0) is 12.6 Å². The van der Waals surface area contributed by atoms with Gasteiger partial charge in [-0.3, -0.25) is 0 Å². The lowest BCUT2D eigenvalue weighted by Gasteiger charge is -2.13. The molecule has 1 heterocycles. The number of rotatable bonds is 3. The molecule has 4 aromatic rings. The molecule has 0 spiro atoms. The molecule has 0 saturated carbocycles. The van der Waals surface area contributed by atoms with Gasteiger partial charge in [-0.05, 0) is 59.5 Å². The fourth-order valence-electron chi connectivity index (χ4n) is 3.37. The van der Waals surface area contributed by atoms with E-state index in [2.05, 4.69) is 0 Å². The lowest BCUT2D eigenvalue weighted by Crippen LogP contribution is -2.09. The molecule has 0 unspecified atom stereocenters. The van der Waals surface area contributed by atoms with Crippen LogP contribution in [0, 0.1) is 0 Å². The van der Waals surface area contributed by atoms with Gasteiger partial charge in [0.15, 0.2) is 0 Å². The minimum atomic E-state index is -4.49. The zero-order chi connectivity index (χ0) is 21.5. The summed E-state index contributed by atoms with van der Waals surface area (Å²) in [5, 5.41) is 19.8. The van der Waals surface area contributed by atoms with E-state index in [-0.39, 0.29) is 29.1 Å². The van der Waals surface area contributed by atoms with Gasteiger partial charge in [0.2, 0.25) is 0 Å². The molecule has 1 aromatic heterocycles. The van der Waals surface area contributed by atoms with Crippen molar-refractivity contribution in [2.24, 2.45) is 0 Å². The van der Waals surface area contributed by atoms with E-state index >= 15 is 0 Å². The van der Waals surface area contributed by atoms with Gasteiger partial charge >= 0.3 is 11.8 Å². The highest BCUT2D eigenvalue weighted by Gasteiger charge is 2.30. The van der Waals surface area contributed by atoms with Gasteiger partial charge in [0.05, 0.1) is 11.1 Å². The van der Waals surface area contributed by atoms with Gasteiger partial charge in [-0.25, -0.2) is 4.79 Å². The zero-order valence-electron chi connectivity index (χ0n) is 15.4. The monoisotopic (exact) mass is 412 g/mol. The van der Waals surface area contributed by atoms with Crippen LogP contribution < -0.4 is 5.63 Å². The van der Waals surface area contributed by atoms with Crippen LogP contribution in [-0.4, -0.2) is 10.2 Å². The first-order valence-corrected chi connectivity index (χ1v) is 8.96. The SMILES string of the molecule is O=c1oc2cc(O)ccc2c(Cc2ccc(O)cc2)c1-c1ccc(C(F)(F)F)cc1. The van der Waals surface area contributed by atoms with Crippen LogP contribution in [0.5, 0.6) is 11.5 Å². The predicted octanol–water partition coefficient (Wildman–Crippen LogP) is 5.48. The Morgan fingerprint density at radius 3 is 2.10 bits per heavy atom. The van der Waals surface area contributed by atoms with E-state index in [0.29, 0.717) is 16.5 Å². The second-order valence-corrected chi connectivity index (χ2v) is 6.84. The van der Waals surface area contributed by atoms with Crippen molar-refractivity contribution in [1.82, 2.24) is 0 Å². The Morgan fingerprint density at radius 1 is 0.833 bits per heavy atom. The van der Waals surface area contributed by atoms with Crippen molar-refractivity contribution in [2.45, 2.75) is 12.6 Å². The molecule has 30 heavy (non-hydrogen) atoms. The fraction of sp³-hybridized carbons (Fsp3) is 0.0870.